The molecule has 2 aromatic rings. The number of rotatable bonds is 3. The molecule has 29 heavy (non-hydrogen) atoms. The van der Waals surface area contributed by atoms with Gasteiger partial charge in [0.2, 0.25) is 0 Å². The maximum atomic E-state index is 12.4. The molecular formula is C22H23BrN4O2. The van der Waals surface area contributed by atoms with Crippen molar-refractivity contribution in [2.45, 2.75) is 25.9 Å². The van der Waals surface area contributed by atoms with Crippen LogP contribution >= 0.6 is 15.9 Å². The molecule has 2 atom stereocenters. The Bertz CT molecular complexity index is 977. The van der Waals surface area contributed by atoms with Gasteiger partial charge in [0.25, 0.3) is 11.8 Å². The van der Waals surface area contributed by atoms with E-state index in [0.717, 1.165) is 23.2 Å². The maximum Gasteiger partial charge on any atom is 0.260 e. The van der Waals surface area contributed by atoms with Crippen LogP contribution in [0.15, 0.2) is 53.1 Å². The van der Waals surface area contributed by atoms with Crippen LogP contribution in [0.4, 0.5) is 11.4 Å². The Morgan fingerprint density at radius 2 is 1.69 bits per heavy atom. The minimum absolute atomic E-state index is 0.376. The fourth-order valence-corrected chi connectivity index (χ4v) is 4.26. The van der Waals surface area contributed by atoms with E-state index in [1.54, 1.807) is 24.4 Å². The van der Waals surface area contributed by atoms with Gasteiger partial charge in [-0.2, -0.15) is 0 Å². The van der Waals surface area contributed by atoms with Crippen LogP contribution in [0.5, 0.6) is 0 Å². The SMILES string of the molecule is CC1CN(c2ccc(N/C=C3\C(=O)NC(=O)c4ccc(Br)cc43)cc2)CC(C)N1. The van der Waals surface area contributed by atoms with Crippen molar-refractivity contribution in [2.75, 3.05) is 23.3 Å². The molecule has 150 valence electrons. The van der Waals surface area contributed by atoms with Crippen molar-refractivity contribution in [2.24, 2.45) is 0 Å². The molecule has 0 aliphatic carbocycles. The number of nitrogens with zero attached hydrogens (tertiary/aromatic N) is 1. The number of carbonyl (C=O) groups is 2. The minimum atomic E-state index is -0.409. The van der Waals surface area contributed by atoms with Gasteiger partial charge in [0.15, 0.2) is 0 Å². The lowest BCUT2D eigenvalue weighted by molar-refractivity contribution is -0.114. The highest BCUT2D eigenvalue weighted by Gasteiger charge is 2.27. The summed E-state index contributed by atoms with van der Waals surface area (Å²) in [6.45, 7) is 6.34. The summed E-state index contributed by atoms with van der Waals surface area (Å²) in [5.74, 6) is -0.785. The van der Waals surface area contributed by atoms with Gasteiger partial charge in [-0.25, -0.2) is 0 Å². The number of hydrogen-bond acceptors (Lipinski definition) is 5. The van der Waals surface area contributed by atoms with Gasteiger partial charge in [0.1, 0.15) is 0 Å². The van der Waals surface area contributed by atoms with E-state index >= 15 is 0 Å². The van der Waals surface area contributed by atoms with E-state index in [4.69, 9.17) is 0 Å². The first kappa shape index (κ1) is 19.7. The van der Waals surface area contributed by atoms with Crippen molar-refractivity contribution in [1.82, 2.24) is 10.6 Å². The van der Waals surface area contributed by atoms with E-state index in [2.05, 4.69) is 62.8 Å². The zero-order valence-electron chi connectivity index (χ0n) is 16.3. The standard InChI is InChI=1S/C22H23BrN4O2/c1-13-11-27(12-14(2)25-13)17-6-4-16(5-7-17)24-10-20-19-9-15(23)3-8-18(19)21(28)26-22(20)29/h3-10,13-14,24-25H,11-12H2,1-2H3,(H,26,28,29)/b20-10-. The summed E-state index contributed by atoms with van der Waals surface area (Å²) in [7, 11) is 0. The van der Waals surface area contributed by atoms with Crippen molar-refractivity contribution >= 4 is 44.7 Å². The van der Waals surface area contributed by atoms with Crippen LogP contribution in [0.25, 0.3) is 5.57 Å². The Morgan fingerprint density at radius 3 is 2.38 bits per heavy atom. The van der Waals surface area contributed by atoms with Crippen LogP contribution in [0.1, 0.15) is 29.8 Å². The number of piperazine rings is 1. The average molecular weight is 455 g/mol. The van der Waals surface area contributed by atoms with Crippen molar-refractivity contribution in [1.29, 1.82) is 0 Å². The number of nitrogens with one attached hydrogen (secondary N) is 3. The van der Waals surface area contributed by atoms with Crippen molar-refractivity contribution in [3.05, 3.63) is 64.3 Å². The zero-order chi connectivity index (χ0) is 20.5. The Labute approximate surface area is 178 Å². The Balaban J connectivity index is 1.54. The molecule has 2 heterocycles. The second-order valence-electron chi connectivity index (χ2n) is 7.60. The Morgan fingerprint density at radius 1 is 1.00 bits per heavy atom. The van der Waals surface area contributed by atoms with Crippen LogP contribution in [0.2, 0.25) is 0 Å². The van der Waals surface area contributed by atoms with Gasteiger partial charge >= 0.3 is 0 Å². The smallest absolute Gasteiger partial charge is 0.260 e. The summed E-state index contributed by atoms with van der Waals surface area (Å²) >= 11 is 3.41. The molecule has 2 amide bonds. The highest BCUT2D eigenvalue weighted by molar-refractivity contribution is 9.10. The zero-order valence-corrected chi connectivity index (χ0v) is 17.9. The molecule has 7 heteroatoms. The summed E-state index contributed by atoms with van der Waals surface area (Å²) in [6.07, 6.45) is 1.65. The van der Waals surface area contributed by atoms with Crippen molar-refractivity contribution in [3.8, 4) is 0 Å². The average Bonchev–Trinajstić information content (AvgIpc) is 2.67. The van der Waals surface area contributed by atoms with Gasteiger partial charge < -0.3 is 15.5 Å². The van der Waals surface area contributed by atoms with Gasteiger partial charge in [-0.1, -0.05) is 15.9 Å². The lowest BCUT2D eigenvalue weighted by atomic mass is 9.95. The molecular weight excluding hydrogens is 432 g/mol. The van der Waals surface area contributed by atoms with Crippen LogP contribution in [-0.2, 0) is 4.79 Å². The number of benzene rings is 2. The third-order valence-corrected chi connectivity index (χ3v) is 5.65. The molecule has 2 aliphatic heterocycles. The van der Waals surface area contributed by atoms with Gasteiger partial charge in [-0.15, -0.1) is 0 Å². The third kappa shape index (κ3) is 4.21. The summed E-state index contributed by atoms with van der Waals surface area (Å²) in [5.41, 5.74) is 3.58. The number of hydrogen-bond donors (Lipinski definition) is 3. The van der Waals surface area contributed by atoms with Crippen molar-refractivity contribution < 1.29 is 9.59 Å². The summed E-state index contributed by atoms with van der Waals surface area (Å²) < 4.78 is 0.813. The molecule has 0 bridgehead atoms. The predicted octanol–water partition coefficient (Wildman–Crippen LogP) is 3.36. The molecule has 2 aromatic carbocycles. The molecule has 3 N–H and O–H groups in total. The third-order valence-electron chi connectivity index (χ3n) is 5.16. The van der Waals surface area contributed by atoms with Gasteiger partial charge in [0.05, 0.1) is 5.57 Å². The number of halogens is 1. The Hall–Kier alpha value is -2.64. The minimum Gasteiger partial charge on any atom is -0.368 e. The Kier molecular flexibility index (Phi) is 5.43. The monoisotopic (exact) mass is 454 g/mol. The summed E-state index contributed by atoms with van der Waals surface area (Å²) in [4.78, 5) is 26.8. The van der Waals surface area contributed by atoms with E-state index < -0.39 is 5.91 Å². The molecule has 4 rings (SSSR count). The second kappa shape index (κ2) is 8.00. The molecule has 6 nitrogen and oxygen atoms in total. The normalized spacial score (nSPS) is 23.0. The molecule has 0 spiro atoms. The van der Waals surface area contributed by atoms with Gasteiger partial charge in [-0.3, -0.25) is 14.9 Å². The summed E-state index contributed by atoms with van der Waals surface area (Å²) in [6, 6.07) is 14.3. The number of fused-ring (bicyclic) bond motifs is 1. The lowest BCUT2D eigenvalue weighted by Gasteiger charge is -2.37. The van der Waals surface area contributed by atoms with Crippen LogP contribution < -0.4 is 20.9 Å². The number of imide groups is 1. The topological polar surface area (TPSA) is 73.5 Å². The van der Waals surface area contributed by atoms with E-state index in [1.807, 2.05) is 12.1 Å². The van der Waals surface area contributed by atoms with E-state index in [9.17, 15) is 9.59 Å². The number of anilines is 2. The molecule has 0 saturated carbocycles. The number of carbonyl (C=O) groups excluding carboxylic acids is 2. The second-order valence-corrected chi connectivity index (χ2v) is 8.51. The first-order valence-corrected chi connectivity index (χ1v) is 10.4. The molecule has 0 radical (unpaired) electrons. The fraction of sp³-hybridized carbons (Fsp3) is 0.273. The largest absolute Gasteiger partial charge is 0.368 e. The summed E-state index contributed by atoms with van der Waals surface area (Å²) in [5, 5.41) is 9.11. The highest BCUT2D eigenvalue weighted by Crippen LogP contribution is 2.28. The van der Waals surface area contributed by atoms with E-state index in [-0.39, 0.29) is 5.91 Å². The molecule has 2 aliphatic rings. The van der Waals surface area contributed by atoms with E-state index in [1.165, 1.54) is 5.69 Å². The van der Waals surface area contributed by atoms with Gasteiger partial charge in [-0.05, 0) is 56.3 Å². The predicted molar refractivity (Wildman–Crippen MR) is 119 cm³/mol. The first-order valence-electron chi connectivity index (χ1n) is 9.64. The first-order chi connectivity index (χ1) is 13.9. The van der Waals surface area contributed by atoms with Crippen LogP contribution in [-0.4, -0.2) is 37.0 Å². The molecule has 1 fully saturated rings. The van der Waals surface area contributed by atoms with Gasteiger partial charge in [0, 0.05) is 58.3 Å². The number of amides is 2. The van der Waals surface area contributed by atoms with E-state index in [0.29, 0.717) is 28.8 Å². The van der Waals surface area contributed by atoms with Crippen LogP contribution in [0, 0.1) is 0 Å². The maximum absolute atomic E-state index is 12.4. The quantitative estimate of drug-likeness (QED) is 0.489. The molecule has 1 saturated heterocycles. The highest BCUT2D eigenvalue weighted by atomic mass is 79.9. The van der Waals surface area contributed by atoms with Crippen molar-refractivity contribution in [3.63, 3.8) is 0 Å². The van der Waals surface area contributed by atoms with Crippen LogP contribution in [0.3, 0.4) is 0 Å². The molecule has 0 aromatic heterocycles. The lowest BCUT2D eigenvalue weighted by Crippen LogP contribution is -2.54. The fourth-order valence-electron chi connectivity index (χ4n) is 3.90. The molecule has 2 unspecified atom stereocenters.